The summed E-state index contributed by atoms with van der Waals surface area (Å²) in [7, 11) is 0. The number of aryl methyl sites for hydroxylation is 1. The quantitative estimate of drug-likeness (QED) is 0.775. The summed E-state index contributed by atoms with van der Waals surface area (Å²) >= 11 is 1.88. The van der Waals surface area contributed by atoms with Crippen LogP contribution in [0.3, 0.4) is 0 Å². The monoisotopic (exact) mass is 185 g/mol. The van der Waals surface area contributed by atoms with Crippen LogP contribution in [-0.4, -0.2) is 21.1 Å². The van der Waals surface area contributed by atoms with Gasteiger partial charge in [0.05, 0.1) is 0 Å². The molecule has 0 amide bonds. The van der Waals surface area contributed by atoms with Crippen molar-refractivity contribution in [2.24, 2.45) is 0 Å². The van der Waals surface area contributed by atoms with Crippen molar-refractivity contribution in [2.45, 2.75) is 25.1 Å². The molecule has 1 atom stereocenters. The first kappa shape index (κ1) is 9.45. The molecular formula is C8H15N3S. The number of aromatic nitrogens is 2. The highest BCUT2D eigenvalue weighted by Gasteiger charge is 2.01. The number of nitrogen functional groups attached to an aromatic ring is 1. The molecule has 1 unspecified atom stereocenters. The fourth-order valence-corrected chi connectivity index (χ4v) is 1.31. The van der Waals surface area contributed by atoms with Gasteiger partial charge in [-0.25, -0.2) is 4.98 Å². The second-order valence-corrected chi connectivity index (χ2v) is 4.09. The third-order valence-electron chi connectivity index (χ3n) is 1.93. The molecule has 0 radical (unpaired) electrons. The molecule has 0 saturated carbocycles. The Hall–Kier alpha value is -0.640. The number of nitrogens with zero attached hydrogens (tertiary/aromatic N) is 2. The summed E-state index contributed by atoms with van der Waals surface area (Å²) in [4.78, 5) is 3.95. The zero-order valence-electron chi connectivity index (χ0n) is 7.53. The van der Waals surface area contributed by atoms with Gasteiger partial charge in [-0.15, -0.1) is 0 Å². The lowest BCUT2D eigenvalue weighted by Crippen LogP contribution is -2.06. The highest BCUT2D eigenvalue weighted by atomic mass is 32.2. The molecule has 0 aliphatic carbocycles. The molecule has 0 spiro atoms. The Labute approximate surface area is 77.4 Å². The number of rotatable bonds is 4. The smallest absolute Gasteiger partial charge is 0.200 e. The van der Waals surface area contributed by atoms with E-state index in [1.807, 2.05) is 22.5 Å². The van der Waals surface area contributed by atoms with Gasteiger partial charge in [0.25, 0.3) is 0 Å². The normalized spacial score (nSPS) is 13.2. The molecule has 3 nitrogen and oxygen atoms in total. The SMILES string of the molecule is CSC(C)CCn1ccnc1N. The third kappa shape index (κ3) is 2.44. The summed E-state index contributed by atoms with van der Waals surface area (Å²) < 4.78 is 1.98. The van der Waals surface area contributed by atoms with Crippen LogP contribution in [0.1, 0.15) is 13.3 Å². The Morgan fingerprint density at radius 3 is 3.00 bits per heavy atom. The van der Waals surface area contributed by atoms with Gasteiger partial charge in [0.1, 0.15) is 0 Å². The molecule has 4 heteroatoms. The van der Waals surface area contributed by atoms with Gasteiger partial charge >= 0.3 is 0 Å². The topological polar surface area (TPSA) is 43.8 Å². The average molecular weight is 185 g/mol. The molecular weight excluding hydrogens is 170 g/mol. The Morgan fingerprint density at radius 2 is 2.50 bits per heavy atom. The van der Waals surface area contributed by atoms with Gasteiger partial charge in [0.2, 0.25) is 0 Å². The minimum Gasteiger partial charge on any atom is -0.369 e. The number of hydrogen-bond donors (Lipinski definition) is 1. The summed E-state index contributed by atoms with van der Waals surface area (Å²) in [5.74, 6) is 0.614. The van der Waals surface area contributed by atoms with Gasteiger partial charge in [-0.3, -0.25) is 0 Å². The first-order valence-corrected chi connectivity index (χ1v) is 5.32. The van der Waals surface area contributed by atoms with Gasteiger partial charge in [-0.2, -0.15) is 11.8 Å². The Balaban J connectivity index is 2.38. The maximum atomic E-state index is 5.61. The summed E-state index contributed by atoms with van der Waals surface area (Å²) in [6.45, 7) is 3.19. The van der Waals surface area contributed by atoms with E-state index in [2.05, 4.69) is 18.2 Å². The maximum Gasteiger partial charge on any atom is 0.200 e. The van der Waals surface area contributed by atoms with Crippen molar-refractivity contribution < 1.29 is 0 Å². The van der Waals surface area contributed by atoms with Crippen molar-refractivity contribution in [2.75, 3.05) is 12.0 Å². The van der Waals surface area contributed by atoms with Crippen molar-refractivity contribution in [3.8, 4) is 0 Å². The van der Waals surface area contributed by atoms with Crippen LogP contribution in [0.4, 0.5) is 5.95 Å². The van der Waals surface area contributed by atoms with Gasteiger partial charge in [0.15, 0.2) is 5.95 Å². The first-order valence-electron chi connectivity index (χ1n) is 4.03. The van der Waals surface area contributed by atoms with E-state index in [0.717, 1.165) is 13.0 Å². The molecule has 0 aliphatic rings. The molecule has 0 aromatic carbocycles. The Morgan fingerprint density at radius 1 is 1.75 bits per heavy atom. The predicted molar refractivity (Wildman–Crippen MR) is 54.2 cm³/mol. The second kappa shape index (κ2) is 4.40. The van der Waals surface area contributed by atoms with Crippen LogP contribution in [0.25, 0.3) is 0 Å². The van der Waals surface area contributed by atoms with Crippen LogP contribution in [0.5, 0.6) is 0 Å². The van der Waals surface area contributed by atoms with Crippen LogP contribution in [0.15, 0.2) is 12.4 Å². The van der Waals surface area contributed by atoms with Crippen LogP contribution < -0.4 is 5.73 Å². The molecule has 0 saturated heterocycles. The van der Waals surface area contributed by atoms with E-state index >= 15 is 0 Å². The molecule has 1 heterocycles. The standard InChI is InChI=1S/C8H15N3S/c1-7(12-2)3-5-11-6-4-10-8(11)9/h4,6-7H,3,5H2,1-2H3,(H2,9,10). The van der Waals surface area contributed by atoms with E-state index in [-0.39, 0.29) is 0 Å². The predicted octanol–water partition coefficient (Wildman–Crippen LogP) is 1.61. The van der Waals surface area contributed by atoms with Crippen molar-refractivity contribution in [1.82, 2.24) is 9.55 Å². The van der Waals surface area contributed by atoms with E-state index in [1.54, 1.807) is 6.20 Å². The van der Waals surface area contributed by atoms with Gasteiger partial charge in [-0.05, 0) is 12.7 Å². The average Bonchev–Trinajstić information content (AvgIpc) is 2.47. The summed E-state index contributed by atoms with van der Waals surface area (Å²) in [6, 6.07) is 0. The van der Waals surface area contributed by atoms with Crippen molar-refractivity contribution in [1.29, 1.82) is 0 Å². The first-order chi connectivity index (χ1) is 5.74. The fraction of sp³-hybridized carbons (Fsp3) is 0.625. The number of hydrogen-bond acceptors (Lipinski definition) is 3. The molecule has 1 rings (SSSR count). The maximum absolute atomic E-state index is 5.61. The van der Waals surface area contributed by atoms with Gasteiger partial charge in [-0.1, -0.05) is 6.92 Å². The lowest BCUT2D eigenvalue weighted by Gasteiger charge is -2.08. The third-order valence-corrected chi connectivity index (χ3v) is 2.97. The summed E-state index contributed by atoms with van der Waals surface area (Å²) in [5, 5.41) is 0.687. The van der Waals surface area contributed by atoms with E-state index in [0.29, 0.717) is 11.2 Å². The van der Waals surface area contributed by atoms with Crippen molar-refractivity contribution >= 4 is 17.7 Å². The highest BCUT2D eigenvalue weighted by molar-refractivity contribution is 7.99. The van der Waals surface area contributed by atoms with Crippen molar-refractivity contribution in [3.63, 3.8) is 0 Å². The lowest BCUT2D eigenvalue weighted by atomic mass is 10.3. The number of nitrogens with two attached hydrogens (primary N) is 1. The van der Waals surface area contributed by atoms with E-state index in [1.165, 1.54) is 0 Å². The molecule has 0 fully saturated rings. The van der Waals surface area contributed by atoms with Crippen LogP contribution in [0, 0.1) is 0 Å². The zero-order chi connectivity index (χ0) is 8.97. The largest absolute Gasteiger partial charge is 0.369 e. The molecule has 2 N–H and O–H groups in total. The summed E-state index contributed by atoms with van der Waals surface area (Å²) in [6.07, 6.45) is 6.92. The molecule has 12 heavy (non-hydrogen) atoms. The van der Waals surface area contributed by atoms with Gasteiger partial charge in [0, 0.05) is 24.2 Å². The van der Waals surface area contributed by atoms with Gasteiger partial charge < -0.3 is 10.3 Å². The summed E-state index contributed by atoms with van der Waals surface area (Å²) in [5.41, 5.74) is 5.61. The van der Waals surface area contributed by atoms with Crippen LogP contribution in [0.2, 0.25) is 0 Å². The van der Waals surface area contributed by atoms with E-state index in [9.17, 15) is 0 Å². The zero-order valence-corrected chi connectivity index (χ0v) is 8.34. The highest BCUT2D eigenvalue weighted by Crippen LogP contribution is 2.11. The van der Waals surface area contributed by atoms with E-state index < -0.39 is 0 Å². The van der Waals surface area contributed by atoms with Crippen LogP contribution in [-0.2, 0) is 6.54 Å². The molecule has 0 aliphatic heterocycles. The Bertz CT molecular complexity index is 234. The van der Waals surface area contributed by atoms with Crippen LogP contribution >= 0.6 is 11.8 Å². The lowest BCUT2D eigenvalue weighted by molar-refractivity contribution is 0.648. The second-order valence-electron chi connectivity index (χ2n) is 2.81. The molecule has 1 aromatic heterocycles. The van der Waals surface area contributed by atoms with E-state index in [4.69, 9.17) is 5.73 Å². The minimum absolute atomic E-state index is 0.614. The fourth-order valence-electron chi connectivity index (χ4n) is 0.969. The molecule has 0 bridgehead atoms. The Kier molecular flexibility index (Phi) is 3.47. The number of thioether (sulfide) groups is 1. The molecule has 68 valence electrons. The minimum atomic E-state index is 0.614. The number of imidazole rings is 1. The molecule has 1 aromatic rings. The van der Waals surface area contributed by atoms with Crippen molar-refractivity contribution in [3.05, 3.63) is 12.4 Å². The number of anilines is 1.